The Morgan fingerprint density at radius 3 is 2.24 bits per heavy atom. The van der Waals surface area contributed by atoms with Crippen molar-refractivity contribution in [2.75, 3.05) is 26.9 Å². The normalized spacial score (nSPS) is 13.0. The summed E-state index contributed by atoms with van der Waals surface area (Å²) in [4.78, 5) is 50.0. The van der Waals surface area contributed by atoms with E-state index in [2.05, 4.69) is 0 Å². The number of aryl methyl sites for hydroxylation is 1. The van der Waals surface area contributed by atoms with Crippen LogP contribution in [0, 0.1) is 13.8 Å². The molecule has 0 atom stereocenters. The fourth-order valence-electron chi connectivity index (χ4n) is 3.39. The summed E-state index contributed by atoms with van der Waals surface area (Å²) in [5.41, 5.74) is 2.64. The smallest absolute Gasteiger partial charge is 0.326 e. The van der Waals surface area contributed by atoms with E-state index in [0.29, 0.717) is 18.7 Å². The number of rotatable bonds is 8. The van der Waals surface area contributed by atoms with E-state index in [4.69, 9.17) is 9.47 Å². The molecule has 8 heteroatoms. The molecule has 1 aliphatic heterocycles. The molecule has 0 saturated heterocycles. The summed E-state index contributed by atoms with van der Waals surface area (Å²) < 4.78 is 12.1. The van der Waals surface area contributed by atoms with Gasteiger partial charge in [0, 0.05) is 30.6 Å². The molecule has 0 N–H and O–H groups in total. The lowest BCUT2D eigenvalue weighted by atomic mass is 10.1. The van der Waals surface area contributed by atoms with E-state index in [1.807, 2.05) is 18.4 Å². The molecule has 1 aromatic carbocycles. The third-order valence-electron chi connectivity index (χ3n) is 4.92. The van der Waals surface area contributed by atoms with Gasteiger partial charge in [-0.25, -0.2) is 0 Å². The minimum absolute atomic E-state index is 0.255. The van der Waals surface area contributed by atoms with Crippen LogP contribution in [-0.2, 0) is 20.8 Å². The fraction of sp³-hybridized carbons (Fsp3) is 0.333. The lowest BCUT2D eigenvalue weighted by Gasteiger charge is -2.13. The zero-order valence-electron chi connectivity index (χ0n) is 16.6. The van der Waals surface area contributed by atoms with Crippen LogP contribution in [0.3, 0.4) is 0 Å². The summed E-state index contributed by atoms with van der Waals surface area (Å²) >= 11 is 0. The van der Waals surface area contributed by atoms with Gasteiger partial charge in [-0.2, -0.15) is 0 Å². The van der Waals surface area contributed by atoms with Crippen LogP contribution in [-0.4, -0.2) is 59.9 Å². The number of fused-ring (bicyclic) bond motifs is 1. The van der Waals surface area contributed by atoms with Gasteiger partial charge >= 0.3 is 5.97 Å². The Balaban J connectivity index is 1.60. The van der Waals surface area contributed by atoms with Crippen LogP contribution in [0.4, 0.5) is 0 Å². The van der Waals surface area contributed by atoms with Crippen molar-refractivity contribution in [1.82, 2.24) is 9.47 Å². The highest BCUT2D eigenvalue weighted by Crippen LogP contribution is 2.22. The van der Waals surface area contributed by atoms with Crippen molar-refractivity contribution in [2.24, 2.45) is 0 Å². The third-order valence-corrected chi connectivity index (χ3v) is 4.92. The van der Waals surface area contributed by atoms with Crippen molar-refractivity contribution in [3.8, 4) is 0 Å². The first kappa shape index (κ1) is 20.5. The molecule has 29 heavy (non-hydrogen) atoms. The first-order valence-corrected chi connectivity index (χ1v) is 9.14. The number of ketones is 1. The number of hydrogen-bond acceptors (Lipinski definition) is 6. The Kier molecular flexibility index (Phi) is 5.93. The maximum Gasteiger partial charge on any atom is 0.326 e. The molecule has 0 fully saturated rings. The van der Waals surface area contributed by atoms with Gasteiger partial charge < -0.3 is 14.0 Å². The van der Waals surface area contributed by atoms with Gasteiger partial charge in [-0.15, -0.1) is 0 Å². The highest BCUT2D eigenvalue weighted by atomic mass is 16.5. The molecule has 0 spiro atoms. The second-order valence-corrected chi connectivity index (χ2v) is 6.76. The SMILES string of the molecule is COCCn1c(C)cc(C(=O)COC(=O)CN2C(=O)c3ccccc3C2=O)c1C. The number of imide groups is 1. The predicted molar refractivity (Wildman–Crippen MR) is 103 cm³/mol. The van der Waals surface area contributed by atoms with Crippen molar-refractivity contribution in [2.45, 2.75) is 20.4 Å². The number of methoxy groups -OCH3 is 1. The number of nitrogens with zero attached hydrogens (tertiary/aromatic N) is 2. The number of aromatic nitrogens is 1. The first-order valence-electron chi connectivity index (χ1n) is 9.14. The molecule has 0 bridgehead atoms. The zero-order chi connectivity index (χ0) is 21.1. The van der Waals surface area contributed by atoms with Crippen LogP contribution < -0.4 is 0 Å². The molecular formula is C21H22N2O6. The van der Waals surface area contributed by atoms with Gasteiger partial charge in [0.25, 0.3) is 11.8 Å². The molecule has 152 valence electrons. The van der Waals surface area contributed by atoms with E-state index in [9.17, 15) is 19.2 Å². The lowest BCUT2D eigenvalue weighted by molar-refractivity contribution is -0.142. The molecule has 2 aromatic rings. The second kappa shape index (κ2) is 8.40. The summed E-state index contributed by atoms with van der Waals surface area (Å²) in [7, 11) is 1.61. The molecule has 2 amide bonds. The Morgan fingerprint density at radius 1 is 1.03 bits per heavy atom. The van der Waals surface area contributed by atoms with Gasteiger partial charge in [-0.3, -0.25) is 24.1 Å². The number of benzene rings is 1. The van der Waals surface area contributed by atoms with Gasteiger partial charge in [-0.05, 0) is 32.0 Å². The highest BCUT2D eigenvalue weighted by Gasteiger charge is 2.36. The molecule has 0 aliphatic carbocycles. The quantitative estimate of drug-likeness (QED) is 0.382. The number of amides is 2. The number of ether oxygens (including phenoxy) is 2. The topological polar surface area (TPSA) is 94.9 Å². The minimum atomic E-state index is -0.818. The van der Waals surface area contributed by atoms with Gasteiger partial charge in [0.05, 0.1) is 17.7 Å². The van der Waals surface area contributed by atoms with Crippen LogP contribution in [0.15, 0.2) is 30.3 Å². The van der Waals surface area contributed by atoms with Crippen LogP contribution in [0.25, 0.3) is 0 Å². The van der Waals surface area contributed by atoms with Crippen LogP contribution >= 0.6 is 0 Å². The molecule has 3 rings (SSSR count). The maximum absolute atomic E-state index is 12.5. The molecule has 0 radical (unpaired) electrons. The van der Waals surface area contributed by atoms with Crippen molar-refractivity contribution < 1.29 is 28.7 Å². The standard InChI is InChI=1S/C21H22N2O6/c1-13-10-17(14(2)22(13)8-9-28-3)18(24)12-29-19(25)11-23-20(26)15-6-4-5-7-16(15)21(23)27/h4-7,10H,8-9,11-12H2,1-3H3. The summed E-state index contributed by atoms with van der Waals surface area (Å²) in [6.07, 6.45) is 0. The number of Topliss-reactive ketones (excluding diaryl/α,β-unsaturated/α-hetero) is 1. The third kappa shape index (κ3) is 3.97. The number of esters is 1. The van der Waals surface area contributed by atoms with Crippen molar-refractivity contribution in [3.05, 3.63) is 58.4 Å². The molecule has 0 unspecified atom stereocenters. The number of hydrogen-bond donors (Lipinski definition) is 0. The Bertz CT molecular complexity index is 956. The first-order chi connectivity index (χ1) is 13.8. The monoisotopic (exact) mass is 398 g/mol. The Morgan fingerprint density at radius 2 is 1.66 bits per heavy atom. The van der Waals surface area contributed by atoms with Gasteiger partial charge in [0.2, 0.25) is 5.78 Å². The summed E-state index contributed by atoms with van der Waals surface area (Å²) in [6.45, 7) is 3.83. The summed E-state index contributed by atoms with van der Waals surface area (Å²) in [5.74, 6) is -2.26. The Labute approximate surface area is 168 Å². The van der Waals surface area contributed by atoms with Crippen molar-refractivity contribution in [1.29, 1.82) is 0 Å². The van der Waals surface area contributed by atoms with Gasteiger partial charge in [-0.1, -0.05) is 12.1 Å². The molecule has 0 saturated carbocycles. The molecular weight excluding hydrogens is 376 g/mol. The van der Waals surface area contributed by atoms with E-state index >= 15 is 0 Å². The largest absolute Gasteiger partial charge is 0.456 e. The summed E-state index contributed by atoms with van der Waals surface area (Å²) in [5, 5.41) is 0. The van der Waals surface area contributed by atoms with Gasteiger partial charge in [0.15, 0.2) is 6.61 Å². The average molecular weight is 398 g/mol. The molecule has 1 aliphatic rings. The summed E-state index contributed by atoms with van der Waals surface area (Å²) in [6, 6.07) is 8.10. The Hall–Kier alpha value is -3.26. The molecule has 2 heterocycles. The van der Waals surface area contributed by atoms with Gasteiger partial charge in [0.1, 0.15) is 6.54 Å². The zero-order valence-corrected chi connectivity index (χ0v) is 16.6. The van der Waals surface area contributed by atoms with Crippen LogP contribution in [0.1, 0.15) is 42.5 Å². The predicted octanol–water partition coefficient (Wildman–Crippen LogP) is 1.77. The van der Waals surface area contributed by atoms with Crippen molar-refractivity contribution >= 4 is 23.6 Å². The minimum Gasteiger partial charge on any atom is -0.456 e. The average Bonchev–Trinajstić information content (AvgIpc) is 3.13. The fourth-order valence-corrected chi connectivity index (χ4v) is 3.39. The molecule has 8 nitrogen and oxygen atoms in total. The van der Waals surface area contributed by atoms with E-state index in [-0.39, 0.29) is 16.9 Å². The van der Waals surface area contributed by atoms with Crippen LogP contribution in [0.2, 0.25) is 0 Å². The van der Waals surface area contributed by atoms with E-state index in [1.54, 1.807) is 25.3 Å². The van der Waals surface area contributed by atoms with Crippen LogP contribution in [0.5, 0.6) is 0 Å². The van der Waals surface area contributed by atoms with E-state index in [0.717, 1.165) is 16.3 Å². The second-order valence-electron chi connectivity index (χ2n) is 6.76. The number of carbonyl (C=O) groups excluding carboxylic acids is 4. The van der Waals surface area contributed by atoms with E-state index in [1.165, 1.54) is 12.1 Å². The molecule has 1 aromatic heterocycles. The lowest BCUT2D eigenvalue weighted by Crippen LogP contribution is -2.36. The maximum atomic E-state index is 12.5. The van der Waals surface area contributed by atoms with Crippen molar-refractivity contribution in [3.63, 3.8) is 0 Å². The number of carbonyl (C=O) groups is 4. The highest BCUT2D eigenvalue weighted by molar-refractivity contribution is 6.22. The van der Waals surface area contributed by atoms with E-state index < -0.39 is 30.9 Å².